The Labute approximate surface area is 109 Å². The molecule has 0 heterocycles. The molecule has 0 spiro atoms. The topological polar surface area (TPSA) is 63.2 Å². The summed E-state index contributed by atoms with van der Waals surface area (Å²) in [6, 6.07) is 0.424. The minimum absolute atomic E-state index is 0.159. The zero-order valence-electron chi connectivity index (χ0n) is 11.3. The van der Waals surface area contributed by atoms with Crippen molar-refractivity contribution in [1.29, 1.82) is 0 Å². The first-order valence-corrected chi connectivity index (χ1v) is 7.95. The Morgan fingerprint density at radius 2 is 1.61 bits per heavy atom. The van der Waals surface area contributed by atoms with Crippen LogP contribution in [0.25, 0.3) is 0 Å². The lowest BCUT2D eigenvalue weighted by Crippen LogP contribution is -2.46. The smallest absolute Gasteiger partial charge is 0.374 e. The highest BCUT2D eigenvalue weighted by atomic mass is 28.4. The average Bonchev–Trinajstić information content (AvgIpc) is 2.35. The Balaban J connectivity index is 4.20. The van der Waals surface area contributed by atoms with Gasteiger partial charge < -0.3 is 13.3 Å². The molecule has 0 rings (SSSR count). The van der Waals surface area contributed by atoms with E-state index in [1.165, 1.54) is 0 Å². The molecule has 0 unspecified atom stereocenters. The molecule has 0 aliphatic carbocycles. The molecule has 0 N–H and O–H groups in total. The molecule has 0 atom stereocenters. The largest absolute Gasteiger partial charge is 0.503 e. The van der Waals surface area contributed by atoms with Gasteiger partial charge in [-0.2, -0.15) is 4.89 Å². The predicted octanol–water partition coefficient (Wildman–Crippen LogP) is 1.70. The third kappa shape index (κ3) is 6.87. The molecule has 0 radical (unpaired) electrons. The molecule has 6 nitrogen and oxygen atoms in total. The predicted molar refractivity (Wildman–Crippen MR) is 67.7 cm³/mol. The van der Waals surface area contributed by atoms with Gasteiger partial charge >= 0.3 is 14.8 Å². The lowest BCUT2D eigenvalue weighted by Gasteiger charge is -2.27. The van der Waals surface area contributed by atoms with Crippen LogP contribution < -0.4 is 0 Å². The molecule has 7 heteroatoms. The van der Waals surface area contributed by atoms with Gasteiger partial charge in [-0.05, 0) is 20.8 Å². The molecular formula is C11H22O6Si. The van der Waals surface area contributed by atoms with Crippen molar-refractivity contribution in [2.24, 2.45) is 0 Å². The lowest BCUT2D eigenvalue weighted by atomic mass is 10.7. The number of rotatable bonds is 11. The molecule has 0 aliphatic heterocycles. The van der Waals surface area contributed by atoms with Crippen molar-refractivity contribution >= 4 is 14.8 Å². The fourth-order valence-corrected chi connectivity index (χ4v) is 3.64. The first-order valence-electron chi connectivity index (χ1n) is 6.01. The quantitative estimate of drug-likeness (QED) is 0.188. The van der Waals surface area contributed by atoms with E-state index in [1.807, 2.05) is 20.8 Å². The second-order valence-corrected chi connectivity index (χ2v) is 5.89. The van der Waals surface area contributed by atoms with Crippen LogP contribution in [-0.4, -0.2) is 41.2 Å². The van der Waals surface area contributed by atoms with Gasteiger partial charge in [0.25, 0.3) is 0 Å². The van der Waals surface area contributed by atoms with Crippen molar-refractivity contribution in [1.82, 2.24) is 0 Å². The van der Waals surface area contributed by atoms with Crippen LogP contribution in [0.3, 0.4) is 0 Å². The van der Waals surface area contributed by atoms with Crippen LogP contribution in [0.1, 0.15) is 20.8 Å². The summed E-state index contributed by atoms with van der Waals surface area (Å²) in [6.07, 6.45) is 1.03. The Bertz CT molecular complexity index is 229. The molecule has 0 aliphatic rings. The SMILES string of the molecule is C=CC(=O)OOCC[Si](OCC)(OCC)OCC. The standard InChI is InChI=1S/C11H22O6Si/c1-5-11(12)17-13-9-10-18(14-6-2,15-7-3)16-8-4/h5H,1,6-10H2,2-4H3. The molecule has 0 bridgehead atoms. The van der Waals surface area contributed by atoms with E-state index in [9.17, 15) is 4.79 Å². The number of carbonyl (C=O) groups excluding carboxylic acids is 1. The fourth-order valence-electron chi connectivity index (χ4n) is 1.30. The highest BCUT2D eigenvalue weighted by Gasteiger charge is 2.40. The number of carbonyl (C=O) groups is 1. The van der Waals surface area contributed by atoms with Gasteiger partial charge in [0.1, 0.15) is 0 Å². The summed E-state index contributed by atoms with van der Waals surface area (Å²) in [5.41, 5.74) is 0. The van der Waals surface area contributed by atoms with E-state index in [2.05, 4.69) is 11.5 Å². The molecule has 0 amide bonds. The lowest BCUT2D eigenvalue weighted by molar-refractivity contribution is -0.265. The Kier molecular flexibility index (Phi) is 9.80. The van der Waals surface area contributed by atoms with Crippen molar-refractivity contribution in [3.05, 3.63) is 12.7 Å². The van der Waals surface area contributed by atoms with E-state index in [1.54, 1.807) is 0 Å². The maximum atomic E-state index is 10.8. The van der Waals surface area contributed by atoms with E-state index in [-0.39, 0.29) is 6.61 Å². The van der Waals surface area contributed by atoms with Crippen LogP contribution in [0, 0.1) is 0 Å². The van der Waals surface area contributed by atoms with Crippen LogP contribution in [0.5, 0.6) is 0 Å². The van der Waals surface area contributed by atoms with Crippen LogP contribution >= 0.6 is 0 Å². The molecule has 0 aromatic rings. The van der Waals surface area contributed by atoms with Crippen molar-refractivity contribution in [2.45, 2.75) is 26.8 Å². The second kappa shape index (κ2) is 10.2. The summed E-state index contributed by atoms with van der Waals surface area (Å²) in [5, 5.41) is 0. The van der Waals surface area contributed by atoms with Crippen molar-refractivity contribution in [3.63, 3.8) is 0 Å². The van der Waals surface area contributed by atoms with Gasteiger partial charge in [-0.3, -0.25) is 4.89 Å². The van der Waals surface area contributed by atoms with Crippen molar-refractivity contribution in [2.75, 3.05) is 26.4 Å². The van der Waals surface area contributed by atoms with Crippen LogP contribution in [0.15, 0.2) is 12.7 Å². The molecule has 0 saturated heterocycles. The summed E-state index contributed by atoms with van der Waals surface area (Å²) in [6.45, 7) is 10.5. The van der Waals surface area contributed by atoms with Crippen LogP contribution in [0.2, 0.25) is 6.04 Å². The zero-order chi connectivity index (χ0) is 13.9. The third-order valence-electron chi connectivity index (χ3n) is 1.89. The molecule has 106 valence electrons. The summed E-state index contributed by atoms with van der Waals surface area (Å²) >= 11 is 0. The summed E-state index contributed by atoms with van der Waals surface area (Å²) < 4.78 is 16.8. The normalized spacial score (nSPS) is 11.3. The van der Waals surface area contributed by atoms with Gasteiger partial charge in [0.15, 0.2) is 0 Å². The molecular weight excluding hydrogens is 256 g/mol. The first-order chi connectivity index (χ1) is 8.64. The van der Waals surface area contributed by atoms with E-state index < -0.39 is 14.8 Å². The molecule has 0 saturated carbocycles. The zero-order valence-corrected chi connectivity index (χ0v) is 12.3. The van der Waals surface area contributed by atoms with E-state index >= 15 is 0 Å². The van der Waals surface area contributed by atoms with Crippen molar-refractivity contribution in [3.8, 4) is 0 Å². The number of hydrogen-bond acceptors (Lipinski definition) is 6. The van der Waals surface area contributed by atoms with Gasteiger partial charge in [-0.15, -0.1) is 0 Å². The summed E-state index contributed by atoms with van der Waals surface area (Å²) in [7, 11) is -2.72. The van der Waals surface area contributed by atoms with Gasteiger partial charge in [0.2, 0.25) is 0 Å². The Morgan fingerprint density at radius 1 is 1.11 bits per heavy atom. The average molecular weight is 278 g/mol. The molecule has 0 fully saturated rings. The summed E-state index contributed by atoms with van der Waals surface area (Å²) in [4.78, 5) is 19.9. The Hall–Kier alpha value is -0.733. The maximum Gasteiger partial charge on any atom is 0.503 e. The fraction of sp³-hybridized carbons (Fsp3) is 0.727. The van der Waals surface area contributed by atoms with E-state index in [0.29, 0.717) is 25.9 Å². The van der Waals surface area contributed by atoms with Gasteiger partial charge in [-0.25, -0.2) is 4.79 Å². The van der Waals surface area contributed by atoms with Crippen LogP contribution in [-0.2, 0) is 27.8 Å². The maximum absolute atomic E-state index is 10.8. The van der Waals surface area contributed by atoms with E-state index in [0.717, 1.165) is 6.08 Å². The number of hydrogen-bond donors (Lipinski definition) is 0. The van der Waals surface area contributed by atoms with Gasteiger partial charge in [0, 0.05) is 31.9 Å². The Morgan fingerprint density at radius 3 is 2.00 bits per heavy atom. The van der Waals surface area contributed by atoms with Crippen LogP contribution in [0.4, 0.5) is 0 Å². The van der Waals surface area contributed by atoms with E-state index in [4.69, 9.17) is 18.2 Å². The highest BCUT2D eigenvalue weighted by Crippen LogP contribution is 2.16. The monoisotopic (exact) mass is 278 g/mol. The molecule has 0 aromatic heterocycles. The highest BCUT2D eigenvalue weighted by molar-refractivity contribution is 6.60. The minimum atomic E-state index is -2.72. The second-order valence-electron chi connectivity index (χ2n) is 3.16. The molecule has 18 heavy (non-hydrogen) atoms. The minimum Gasteiger partial charge on any atom is -0.374 e. The van der Waals surface area contributed by atoms with Gasteiger partial charge in [-0.1, -0.05) is 6.58 Å². The summed E-state index contributed by atoms with van der Waals surface area (Å²) in [5.74, 6) is -0.633. The third-order valence-corrected chi connectivity index (χ3v) is 4.89. The first kappa shape index (κ1) is 17.3. The van der Waals surface area contributed by atoms with Crippen molar-refractivity contribution < 1.29 is 27.8 Å². The van der Waals surface area contributed by atoms with Gasteiger partial charge in [0.05, 0.1) is 6.61 Å². The molecule has 0 aromatic carbocycles.